The highest BCUT2D eigenvalue weighted by atomic mass is 16.6. The van der Waals surface area contributed by atoms with E-state index in [9.17, 15) is 9.90 Å². The molecule has 5 heteroatoms. The van der Waals surface area contributed by atoms with E-state index in [1.165, 1.54) is 7.11 Å². The van der Waals surface area contributed by atoms with Crippen molar-refractivity contribution >= 4 is 5.97 Å². The Morgan fingerprint density at radius 2 is 2.29 bits per heavy atom. The van der Waals surface area contributed by atoms with Gasteiger partial charge in [-0.25, -0.2) is 4.79 Å². The molecule has 5 nitrogen and oxygen atoms in total. The van der Waals surface area contributed by atoms with E-state index in [-0.39, 0.29) is 12.0 Å². The summed E-state index contributed by atoms with van der Waals surface area (Å²) in [5, 5.41) is 18.2. The molecule has 0 aliphatic carbocycles. The van der Waals surface area contributed by atoms with Gasteiger partial charge in [-0.05, 0) is 12.3 Å². The maximum absolute atomic E-state index is 10.7. The van der Waals surface area contributed by atoms with Gasteiger partial charge >= 0.3 is 5.97 Å². The van der Waals surface area contributed by atoms with Crippen LogP contribution in [0.25, 0.3) is 0 Å². The van der Waals surface area contributed by atoms with Gasteiger partial charge in [-0.15, -0.1) is 0 Å². The standard InChI is InChI=1S/C9H16O5/c1-5-3-6(10)8(9(11)12)14-7(5)4-13-2/h5-8,10H,3-4H2,1-2H3,(H,11,12). The third-order valence-electron chi connectivity index (χ3n) is 2.49. The van der Waals surface area contributed by atoms with Crippen molar-refractivity contribution in [2.75, 3.05) is 13.7 Å². The molecule has 0 bridgehead atoms. The van der Waals surface area contributed by atoms with Crippen molar-refractivity contribution in [3.63, 3.8) is 0 Å². The molecule has 1 aliphatic rings. The second kappa shape index (κ2) is 4.72. The van der Waals surface area contributed by atoms with Gasteiger partial charge in [0.25, 0.3) is 0 Å². The van der Waals surface area contributed by atoms with Crippen molar-refractivity contribution in [2.24, 2.45) is 5.92 Å². The fourth-order valence-electron chi connectivity index (χ4n) is 1.66. The lowest BCUT2D eigenvalue weighted by molar-refractivity contribution is -0.187. The number of aliphatic hydroxyl groups excluding tert-OH is 1. The summed E-state index contributed by atoms with van der Waals surface area (Å²) in [4.78, 5) is 10.7. The number of hydrogen-bond acceptors (Lipinski definition) is 4. The van der Waals surface area contributed by atoms with Crippen molar-refractivity contribution in [1.29, 1.82) is 0 Å². The third kappa shape index (κ3) is 2.43. The molecule has 1 aliphatic heterocycles. The molecule has 0 amide bonds. The van der Waals surface area contributed by atoms with Crippen LogP contribution in [0.4, 0.5) is 0 Å². The van der Waals surface area contributed by atoms with Gasteiger partial charge in [0.15, 0.2) is 6.10 Å². The highest BCUT2D eigenvalue weighted by molar-refractivity contribution is 5.73. The molecule has 1 saturated heterocycles. The van der Waals surface area contributed by atoms with Crippen LogP contribution in [0.3, 0.4) is 0 Å². The number of aliphatic carboxylic acids is 1. The molecule has 0 aromatic carbocycles. The first-order chi connectivity index (χ1) is 6.56. The number of rotatable bonds is 3. The summed E-state index contributed by atoms with van der Waals surface area (Å²) in [5.41, 5.74) is 0. The van der Waals surface area contributed by atoms with E-state index in [1.54, 1.807) is 0 Å². The lowest BCUT2D eigenvalue weighted by Crippen LogP contribution is -2.48. The summed E-state index contributed by atoms with van der Waals surface area (Å²) >= 11 is 0. The van der Waals surface area contributed by atoms with Gasteiger partial charge in [0, 0.05) is 7.11 Å². The molecular formula is C9H16O5. The highest BCUT2D eigenvalue weighted by Crippen LogP contribution is 2.25. The zero-order chi connectivity index (χ0) is 10.7. The minimum atomic E-state index is -1.12. The van der Waals surface area contributed by atoms with E-state index in [0.717, 1.165) is 0 Å². The molecule has 82 valence electrons. The molecule has 4 atom stereocenters. The summed E-state index contributed by atoms with van der Waals surface area (Å²) in [7, 11) is 1.54. The van der Waals surface area contributed by atoms with E-state index in [1.807, 2.05) is 6.92 Å². The maximum Gasteiger partial charge on any atom is 0.335 e. The molecule has 0 radical (unpaired) electrons. The molecule has 0 saturated carbocycles. The van der Waals surface area contributed by atoms with Crippen LogP contribution in [0, 0.1) is 5.92 Å². The highest BCUT2D eigenvalue weighted by Gasteiger charge is 2.38. The Morgan fingerprint density at radius 3 is 2.79 bits per heavy atom. The number of aliphatic hydroxyl groups is 1. The number of carboxylic acid groups (broad SMARTS) is 1. The summed E-state index contributed by atoms with van der Waals surface area (Å²) in [5.74, 6) is -1.01. The molecule has 1 rings (SSSR count). The maximum atomic E-state index is 10.7. The predicted octanol–water partition coefficient (Wildman–Crippen LogP) is -0.128. The molecule has 14 heavy (non-hydrogen) atoms. The topological polar surface area (TPSA) is 76.0 Å². The Labute approximate surface area is 82.6 Å². The second-order valence-corrected chi connectivity index (χ2v) is 3.67. The first kappa shape index (κ1) is 11.4. The van der Waals surface area contributed by atoms with Gasteiger partial charge in [0.1, 0.15) is 0 Å². The molecule has 4 unspecified atom stereocenters. The number of carboxylic acids is 1. The van der Waals surface area contributed by atoms with E-state index in [4.69, 9.17) is 14.6 Å². The normalized spacial score (nSPS) is 38.2. The minimum absolute atomic E-state index is 0.112. The quantitative estimate of drug-likeness (QED) is 0.669. The molecule has 1 heterocycles. The largest absolute Gasteiger partial charge is 0.479 e. The number of carbonyl (C=O) groups is 1. The molecule has 0 spiro atoms. The molecule has 0 aromatic heterocycles. The van der Waals surface area contributed by atoms with Crippen LogP contribution >= 0.6 is 0 Å². The fourth-order valence-corrected chi connectivity index (χ4v) is 1.66. The Kier molecular flexibility index (Phi) is 3.86. The van der Waals surface area contributed by atoms with E-state index < -0.39 is 18.2 Å². The van der Waals surface area contributed by atoms with Crippen molar-refractivity contribution in [3.05, 3.63) is 0 Å². The SMILES string of the molecule is COCC1OC(C(=O)O)C(O)CC1C. The van der Waals surface area contributed by atoms with E-state index >= 15 is 0 Å². The van der Waals surface area contributed by atoms with Crippen LogP contribution in [-0.2, 0) is 14.3 Å². The summed E-state index contributed by atoms with van der Waals surface area (Å²) in [6.45, 7) is 2.27. The van der Waals surface area contributed by atoms with Crippen molar-refractivity contribution < 1.29 is 24.5 Å². The van der Waals surface area contributed by atoms with Crippen LogP contribution in [0.2, 0.25) is 0 Å². The molecular weight excluding hydrogens is 188 g/mol. The van der Waals surface area contributed by atoms with Crippen molar-refractivity contribution in [3.8, 4) is 0 Å². The van der Waals surface area contributed by atoms with Gasteiger partial charge in [0.05, 0.1) is 18.8 Å². The first-order valence-electron chi connectivity index (χ1n) is 4.61. The lowest BCUT2D eigenvalue weighted by Gasteiger charge is -2.35. The molecule has 0 aromatic rings. The second-order valence-electron chi connectivity index (χ2n) is 3.67. The summed E-state index contributed by atoms with van der Waals surface area (Å²) < 4.78 is 10.2. The predicted molar refractivity (Wildman–Crippen MR) is 48.0 cm³/mol. The van der Waals surface area contributed by atoms with Gasteiger partial charge in [-0.2, -0.15) is 0 Å². The Balaban J connectivity index is 2.60. The van der Waals surface area contributed by atoms with Crippen molar-refractivity contribution in [2.45, 2.75) is 31.7 Å². The number of hydrogen-bond donors (Lipinski definition) is 2. The Hall–Kier alpha value is -0.650. The monoisotopic (exact) mass is 204 g/mol. The number of ether oxygens (including phenoxy) is 2. The first-order valence-corrected chi connectivity index (χ1v) is 4.61. The van der Waals surface area contributed by atoms with Crippen molar-refractivity contribution in [1.82, 2.24) is 0 Å². The fraction of sp³-hybridized carbons (Fsp3) is 0.889. The summed E-state index contributed by atoms with van der Waals surface area (Å²) in [6.07, 6.45) is -1.85. The van der Waals surface area contributed by atoms with E-state index in [0.29, 0.717) is 13.0 Å². The van der Waals surface area contributed by atoms with Crippen LogP contribution < -0.4 is 0 Å². The van der Waals surface area contributed by atoms with E-state index in [2.05, 4.69) is 0 Å². The Morgan fingerprint density at radius 1 is 1.64 bits per heavy atom. The Bertz CT molecular complexity index is 205. The van der Waals surface area contributed by atoms with Crippen LogP contribution in [0.5, 0.6) is 0 Å². The average molecular weight is 204 g/mol. The third-order valence-corrected chi connectivity index (χ3v) is 2.49. The van der Waals surface area contributed by atoms with Crippen LogP contribution in [0.15, 0.2) is 0 Å². The lowest BCUT2D eigenvalue weighted by atomic mass is 9.91. The number of methoxy groups -OCH3 is 1. The average Bonchev–Trinajstić information content (AvgIpc) is 2.09. The van der Waals surface area contributed by atoms with Gasteiger partial charge in [-0.3, -0.25) is 0 Å². The molecule has 2 N–H and O–H groups in total. The van der Waals surface area contributed by atoms with Gasteiger partial charge in [-0.1, -0.05) is 6.92 Å². The molecule has 1 fully saturated rings. The minimum Gasteiger partial charge on any atom is -0.479 e. The van der Waals surface area contributed by atoms with Gasteiger partial charge < -0.3 is 19.7 Å². The zero-order valence-electron chi connectivity index (χ0n) is 8.34. The van der Waals surface area contributed by atoms with Gasteiger partial charge in [0.2, 0.25) is 0 Å². The van der Waals surface area contributed by atoms with Crippen LogP contribution in [0.1, 0.15) is 13.3 Å². The van der Waals surface area contributed by atoms with Crippen LogP contribution in [-0.4, -0.2) is 48.2 Å². The smallest absolute Gasteiger partial charge is 0.335 e. The summed E-state index contributed by atoms with van der Waals surface area (Å²) in [6, 6.07) is 0. The zero-order valence-corrected chi connectivity index (χ0v) is 8.34.